The van der Waals surface area contributed by atoms with Gasteiger partial charge in [0.25, 0.3) is 0 Å². The molecule has 4 unspecified atom stereocenters. The normalized spacial score (nSPS) is 16.9. The largest absolute Gasteiger partial charge is 0.508 e. The van der Waals surface area contributed by atoms with Crippen LogP contribution in [0.3, 0.4) is 0 Å². The van der Waals surface area contributed by atoms with Crippen LogP contribution in [0.5, 0.6) is 5.75 Å². The third-order valence-electron chi connectivity index (χ3n) is 6.76. The number of carboxylic acids is 1. The first-order valence-electron chi connectivity index (χ1n) is 13.0. The number of nitrogens with one attached hydrogen (secondary N) is 2. The van der Waals surface area contributed by atoms with Crippen LogP contribution in [0.2, 0.25) is 0 Å². The fraction of sp³-hybridized carbons (Fsp3) is 0.393. The van der Waals surface area contributed by atoms with E-state index < -0.39 is 53.8 Å². The van der Waals surface area contributed by atoms with E-state index in [1.165, 1.54) is 17.0 Å². The monoisotopic (exact) mass is 553 g/mol. The molecule has 8 N–H and O–H groups in total. The average molecular weight is 554 g/mol. The average Bonchev–Trinajstić information content (AvgIpc) is 3.42. The molecule has 12 nitrogen and oxygen atoms in total. The predicted molar refractivity (Wildman–Crippen MR) is 145 cm³/mol. The Labute approximate surface area is 231 Å². The number of phenols is 1. The summed E-state index contributed by atoms with van der Waals surface area (Å²) in [6, 6.07) is 10.7. The maximum Gasteiger partial charge on any atom is 0.326 e. The van der Waals surface area contributed by atoms with E-state index in [2.05, 4.69) is 10.6 Å². The van der Waals surface area contributed by atoms with Crippen molar-refractivity contribution in [3.63, 3.8) is 0 Å². The van der Waals surface area contributed by atoms with E-state index in [0.717, 1.165) is 5.56 Å². The van der Waals surface area contributed by atoms with Gasteiger partial charge in [-0.2, -0.15) is 0 Å². The molecular formula is C28H35N5O7. The second kappa shape index (κ2) is 14.1. The lowest BCUT2D eigenvalue weighted by Gasteiger charge is -2.29. The first-order chi connectivity index (χ1) is 19.0. The molecule has 0 aromatic heterocycles. The van der Waals surface area contributed by atoms with Gasteiger partial charge in [0.15, 0.2) is 0 Å². The molecule has 1 heterocycles. The topological polar surface area (TPSA) is 205 Å². The van der Waals surface area contributed by atoms with Crippen LogP contribution in [0.25, 0.3) is 0 Å². The minimum Gasteiger partial charge on any atom is -0.508 e. The number of carboxylic acid groups (broad SMARTS) is 1. The number of rotatable bonds is 13. The van der Waals surface area contributed by atoms with Gasteiger partial charge in [0, 0.05) is 19.4 Å². The lowest BCUT2D eigenvalue weighted by atomic mass is 10.0. The molecule has 0 bridgehead atoms. The third-order valence-corrected chi connectivity index (χ3v) is 6.76. The van der Waals surface area contributed by atoms with E-state index in [4.69, 9.17) is 11.5 Å². The summed E-state index contributed by atoms with van der Waals surface area (Å²) in [5.41, 5.74) is 12.8. The highest BCUT2D eigenvalue weighted by atomic mass is 16.4. The predicted octanol–water partition coefficient (Wildman–Crippen LogP) is -0.185. The van der Waals surface area contributed by atoms with E-state index in [0.29, 0.717) is 12.0 Å². The van der Waals surface area contributed by atoms with Crippen LogP contribution in [0.15, 0.2) is 54.6 Å². The molecule has 12 heteroatoms. The summed E-state index contributed by atoms with van der Waals surface area (Å²) >= 11 is 0. The van der Waals surface area contributed by atoms with Crippen LogP contribution in [0.1, 0.15) is 36.8 Å². The van der Waals surface area contributed by atoms with E-state index >= 15 is 0 Å². The highest BCUT2D eigenvalue weighted by molar-refractivity contribution is 5.94. The zero-order valence-electron chi connectivity index (χ0n) is 22.0. The van der Waals surface area contributed by atoms with Gasteiger partial charge in [0.05, 0.1) is 6.04 Å². The van der Waals surface area contributed by atoms with E-state index in [1.807, 2.05) is 30.3 Å². The van der Waals surface area contributed by atoms with Gasteiger partial charge in [0.2, 0.25) is 23.6 Å². The maximum atomic E-state index is 13.5. The van der Waals surface area contributed by atoms with Crippen molar-refractivity contribution in [1.29, 1.82) is 0 Å². The zero-order valence-corrected chi connectivity index (χ0v) is 22.0. The number of likely N-dealkylation sites (tertiary alicyclic amines) is 1. The van der Waals surface area contributed by atoms with Crippen LogP contribution >= 0.6 is 0 Å². The number of carbonyl (C=O) groups is 5. The number of amides is 4. The van der Waals surface area contributed by atoms with Gasteiger partial charge in [-0.3, -0.25) is 19.2 Å². The summed E-state index contributed by atoms with van der Waals surface area (Å²) in [6.07, 6.45) is 0.654. The minimum absolute atomic E-state index is 0.00228. The van der Waals surface area contributed by atoms with Gasteiger partial charge in [-0.1, -0.05) is 42.5 Å². The Kier molecular flexibility index (Phi) is 10.6. The molecule has 4 atom stereocenters. The number of carbonyl (C=O) groups excluding carboxylic acids is 4. The summed E-state index contributed by atoms with van der Waals surface area (Å²) in [7, 11) is 0. The van der Waals surface area contributed by atoms with E-state index in [9.17, 15) is 34.2 Å². The second-order valence-corrected chi connectivity index (χ2v) is 9.82. The Morgan fingerprint density at radius 3 is 2.15 bits per heavy atom. The fourth-order valence-corrected chi connectivity index (χ4v) is 4.62. The van der Waals surface area contributed by atoms with Crippen molar-refractivity contribution in [2.24, 2.45) is 11.5 Å². The number of primary amides is 1. The highest BCUT2D eigenvalue weighted by Gasteiger charge is 2.38. The Bertz CT molecular complexity index is 1210. The van der Waals surface area contributed by atoms with Gasteiger partial charge in [-0.15, -0.1) is 0 Å². The van der Waals surface area contributed by atoms with Gasteiger partial charge in [0.1, 0.15) is 23.9 Å². The molecule has 1 fully saturated rings. The van der Waals surface area contributed by atoms with Gasteiger partial charge < -0.3 is 37.2 Å². The molecule has 3 rings (SSSR count). The lowest BCUT2D eigenvalue weighted by Crippen LogP contribution is -2.58. The summed E-state index contributed by atoms with van der Waals surface area (Å²) in [6.45, 7) is 0.216. The van der Waals surface area contributed by atoms with E-state index in [-0.39, 0.29) is 44.4 Å². The fourth-order valence-electron chi connectivity index (χ4n) is 4.62. The van der Waals surface area contributed by atoms with Crippen LogP contribution in [-0.2, 0) is 36.8 Å². The van der Waals surface area contributed by atoms with Crippen molar-refractivity contribution in [2.45, 2.75) is 62.7 Å². The molecule has 2 aromatic rings. The Morgan fingerprint density at radius 2 is 1.52 bits per heavy atom. The number of phenolic OH excluding ortho intramolecular Hbond substituents is 1. The standard InChI is InChI=1S/C28H35N5O7/c29-20(15-17-5-2-1-3-6-17)25(36)31-21(12-13-24(30)35)26(37)32-22(16-18-8-10-19(34)11-9-18)27(38)33-14-4-7-23(33)28(39)40/h1-3,5-6,8-11,20-23,34H,4,7,12-16,29H2,(H2,30,35)(H,31,36)(H,32,37)(H,39,40). The van der Waals surface area contributed by atoms with Gasteiger partial charge in [-0.25, -0.2) is 4.79 Å². The Balaban J connectivity index is 1.79. The van der Waals surface area contributed by atoms with Crippen LogP contribution in [-0.4, -0.2) is 75.4 Å². The minimum atomic E-state index is -1.23. The summed E-state index contributed by atoms with van der Waals surface area (Å²) in [5.74, 6) is -3.77. The van der Waals surface area contributed by atoms with Crippen molar-refractivity contribution < 1.29 is 34.2 Å². The third kappa shape index (κ3) is 8.53. The van der Waals surface area contributed by atoms with Crippen LogP contribution in [0.4, 0.5) is 0 Å². The first-order valence-corrected chi connectivity index (χ1v) is 13.0. The first kappa shape index (κ1) is 30.1. The van der Waals surface area contributed by atoms with E-state index in [1.54, 1.807) is 12.1 Å². The number of nitrogens with two attached hydrogens (primary N) is 2. The Hall–Kier alpha value is -4.45. The van der Waals surface area contributed by atoms with Crippen molar-refractivity contribution >= 4 is 29.6 Å². The SMILES string of the molecule is NC(=O)CCC(NC(=O)C(N)Cc1ccccc1)C(=O)NC(Cc1ccc(O)cc1)C(=O)N1CCCC1C(=O)O. The molecule has 1 aliphatic rings. The summed E-state index contributed by atoms with van der Waals surface area (Å²) < 4.78 is 0. The molecular weight excluding hydrogens is 518 g/mol. The number of hydrogen-bond acceptors (Lipinski definition) is 7. The molecule has 0 saturated carbocycles. The number of hydrogen-bond donors (Lipinski definition) is 6. The molecule has 1 saturated heterocycles. The number of nitrogens with zero attached hydrogens (tertiary/aromatic N) is 1. The number of benzene rings is 2. The van der Waals surface area contributed by atoms with Gasteiger partial charge >= 0.3 is 5.97 Å². The molecule has 2 aromatic carbocycles. The van der Waals surface area contributed by atoms with Crippen molar-refractivity contribution in [3.05, 3.63) is 65.7 Å². The second-order valence-electron chi connectivity index (χ2n) is 9.82. The zero-order chi connectivity index (χ0) is 29.2. The molecule has 40 heavy (non-hydrogen) atoms. The molecule has 0 spiro atoms. The molecule has 0 aliphatic carbocycles. The van der Waals surface area contributed by atoms with Crippen LogP contribution in [0, 0.1) is 0 Å². The summed E-state index contributed by atoms with van der Waals surface area (Å²) in [4.78, 5) is 64.2. The van der Waals surface area contributed by atoms with Crippen molar-refractivity contribution in [2.75, 3.05) is 6.54 Å². The van der Waals surface area contributed by atoms with Gasteiger partial charge in [-0.05, 0) is 48.9 Å². The maximum absolute atomic E-state index is 13.5. The smallest absolute Gasteiger partial charge is 0.326 e. The van der Waals surface area contributed by atoms with Crippen molar-refractivity contribution in [3.8, 4) is 5.75 Å². The molecule has 1 aliphatic heterocycles. The number of aromatic hydroxyl groups is 1. The highest BCUT2D eigenvalue weighted by Crippen LogP contribution is 2.20. The number of aliphatic carboxylic acids is 1. The van der Waals surface area contributed by atoms with Crippen molar-refractivity contribution in [1.82, 2.24) is 15.5 Å². The quantitative estimate of drug-likeness (QED) is 0.196. The molecule has 4 amide bonds. The Morgan fingerprint density at radius 1 is 0.900 bits per heavy atom. The summed E-state index contributed by atoms with van der Waals surface area (Å²) in [5, 5.41) is 24.4. The van der Waals surface area contributed by atoms with Crippen LogP contribution < -0.4 is 22.1 Å². The molecule has 214 valence electrons. The lowest BCUT2D eigenvalue weighted by molar-refractivity contribution is -0.149. The molecule has 0 radical (unpaired) electrons.